The van der Waals surface area contributed by atoms with Crippen molar-refractivity contribution >= 4 is 29.1 Å². The van der Waals surface area contributed by atoms with E-state index in [-0.39, 0.29) is 37.3 Å². The molecule has 9 heteroatoms. The van der Waals surface area contributed by atoms with E-state index in [2.05, 4.69) is 10.1 Å². The highest BCUT2D eigenvalue weighted by atomic mass is 32.1. The van der Waals surface area contributed by atoms with Crippen LogP contribution in [0.5, 0.6) is 0 Å². The molecule has 1 aromatic carbocycles. The molecule has 1 aliphatic rings. The molecule has 29 heavy (non-hydrogen) atoms. The summed E-state index contributed by atoms with van der Waals surface area (Å²) in [6, 6.07) is 8.91. The predicted molar refractivity (Wildman–Crippen MR) is 103 cm³/mol. The number of aromatic nitrogens is 2. The second kappa shape index (κ2) is 7.96. The normalized spacial score (nSPS) is 13.1. The summed E-state index contributed by atoms with van der Waals surface area (Å²) < 4.78 is 10.2. The van der Waals surface area contributed by atoms with Gasteiger partial charge < -0.3 is 9.26 Å². The van der Waals surface area contributed by atoms with Crippen molar-refractivity contribution in [3.8, 4) is 10.7 Å². The van der Waals surface area contributed by atoms with Crippen molar-refractivity contribution in [2.45, 2.75) is 26.4 Å². The van der Waals surface area contributed by atoms with Crippen molar-refractivity contribution in [1.29, 1.82) is 0 Å². The highest BCUT2D eigenvalue weighted by molar-refractivity contribution is 7.13. The van der Waals surface area contributed by atoms with Crippen LogP contribution in [0.4, 0.5) is 0 Å². The van der Waals surface area contributed by atoms with Gasteiger partial charge in [0, 0.05) is 13.0 Å². The van der Waals surface area contributed by atoms with Crippen LogP contribution in [0.3, 0.4) is 0 Å². The van der Waals surface area contributed by atoms with E-state index in [1.807, 2.05) is 24.4 Å². The number of nitrogens with zero attached hydrogens (tertiary/aromatic N) is 3. The van der Waals surface area contributed by atoms with Gasteiger partial charge in [-0.05, 0) is 36.9 Å². The molecule has 3 heterocycles. The number of benzene rings is 1. The maximum Gasteiger partial charge on any atom is 0.306 e. The summed E-state index contributed by atoms with van der Waals surface area (Å²) in [7, 11) is 0. The number of imide groups is 1. The zero-order valence-corrected chi connectivity index (χ0v) is 16.4. The van der Waals surface area contributed by atoms with Crippen molar-refractivity contribution in [2.75, 3.05) is 6.54 Å². The average molecular weight is 411 g/mol. The molecule has 0 atom stereocenters. The molecular weight excluding hydrogens is 394 g/mol. The van der Waals surface area contributed by atoms with Crippen LogP contribution in [0, 0.1) is 6.92 Å². The molecule has 0 radical (unpaired) electrons. The third-order valence-electron chi connectivity index (χ3n) is 4.46. The van der Waals surface area contributed by atoms with Gasteiger partial charge in [0.2, 0.25) is 5.82 Å². The Labute approximate surface area is 170 Å². The van der Waals surface area contributed by atoms with Crippen molar-refractivity contribution in [3.05, 3.63) is 58.3 Å². The highest BCUT2D eigenvalue weighted by Crippen LogP contribution is 2.24. The molecule has 1 aliphatic heterocycles. The van der Waals surface area contributed by atoms with Crippen LogP contribution < -0.4 is 0 Å². The Morgan fingerprint density at radius 1 is 1.21 bits per heavy atom. The van der Waals surface area contributed by atoms with E-state index < -0.39 is 5.97 Å². The standard InChI is InChI=1S/C20H17N3O5S/c1-12-6-7-13-14(10-12)20(26)23(19(13)25)8-2-5-17(24)27-11-16-21-18(22-28-16)15-4-3-9-29-15/h3-4,6-7,9-10H,2,5,8,11H2,1H3. The molecule has 0 N–H and O–H groups in total. The van der Waals surface area contributed by atoms with E-state index in [0.717, 1.165) is 10.4 Å². The number of hydrogen-bond acceptors (Lipinski definition) is 8. The number of carbonyl (C=O) groups excluding carboxylic acids is 3. The fraction of sp³-hybridized carbons (Fsp3) is 0.250. The molecule has 2 aromatic heterocycles. The van der Waals surface area contributed by atoms with Gasteiger partial charge in [-0.3, -0.25) is 19.3 Å². The molecule has 4 rings (SSSR count). The fourth-order valence-electron chi connectivity index (χ4n) is 3.02. The average Bonchev–Trinajstić information content (AvgIpc) is 3.43. The van der Waals surface area contributed by atoms with Crippen molar-refractivity contribution in [2.24, 2.45) is 0 Å². The maximum absolute atomic E-state index is 12.4. The second-order valence-electron chi connectivity index (χ2n) is 6.56. The predicted octanol–water partition coefficient (Wildman–Crippen LogP) is 3.23. The first-order valence-corrected chi connectivity index (χ1v) is 9.90. The third kappa shape index (κ3) is 3.95. The largest absolute Gasteiger partial charge is 0.456 e. The molecule has 0 aliphatic carbocycles. The summed E-state index contributed by atoms with van der Waals surface area (Å²) in [5.74, 6) is -0.461. The molecule has 0 spiro atoms. The SMILES string of the molecule is Cc1ccc2c(c1)C(=O)N(CCCC(=O)OCc1nc(-c3cccs3)no1)C2=O. The van der Waals surface area contributed by atoms with Gasteiger partial charge in [0.05, 0.1) is 16.0 Å². The van der Waals surface area contributed by atoms with Crippen LogP contribution >= 0.6 is 11.3 Å². The van der Waals surface area contributed by atoms with Gasteiger partial charge in [-0.25, -0.2) is 0 Å². The minimum atomic E-state index is -0.465. The monoisotopic (exact) mass is 411 g/mol. The van der Waals surface area contributed by atoms with Gasteiger partial charge in [0.1, 0.15) is 0 Å². The Bertz CT molecular complexity index is 1070. The number of rotatable bonds is 7. The number of fused-ring (bicyclic) bond motifs is 1. The second-order valence-corrected chi connectivity index (χ2v) is 7.51. The lowest BCUT2D eigenvalue weighted by Crippen LogP contribution is -2.31. The zero-order chi connectivity index (χ0) is 20.4. The van der Waals surface area contributed by atoms with Crippen LogP contribution in [0.15, 0.2) is 40.2 Å². The van der Waals surface area contributed by atoms with E-state index in [1.54, 1.807) is 18.2 Å². The summed E-state index contributed by atoms with van der Waals surface area (Å²) in [6.07, 6.45) is 0.381. The van der Waals surface area contributed by atoms with Crippen LogP contribution in [0.2, 0.25) is 0 Å². The smallest absolute Gasteiger partial charge is 0.306 e. The first-order chi connectivity index (χ1) is 14.0. The molecule has 0 saturated carbocycles. The Hall–Kier alpha value is -3.33. The summed E-state index contributed by atoms with van der Waals surface area (Å²) >= 11 is 1.48. The van der Waals surface area contributed by atoms with Crippen LogP contribution in [-0.4, -0.2) is 39.4 Å². The fourth-order valence-corrected chi connectivity index (χ4v) is 3.67. The lowest BCUT2D eigenvalue weighted by Gasteiger charge is -2.13. The molecule has 148 valence electrons. The number of carbonyl (C=O) groups is 3. The van der Waals surface area contributed by atoms with Crippen molar-refractivity contribution < 1.29 is 23.6 Å². The van der Waals surface area contributed by atoms with Crippen molar-refractivity contribution in [3.63, 3.8) is 0 Å². The molecule has 2 amide bonds. The van der Waals surface area contributed by atoms with Crippen LogP contribution in [0.1, 0.15) is 45.0 Å². The first kappa shape index (κ1) is 19.0. The number of esters is 1. The molecular formula is C20H17N3O5S. The quantitative estimate of drug-likeness (QED) is 0.434. The lowest BCUT2D eigenvalue weighted by atomic mass is 10.1. The Kier molecular flexibility index (Phi) is 5.22. The maximum atomic E-state index is 12.4. The van der Waals surface area contributed by atoms with E-state index in [1.165, 1.54) is 16.2 Å². The molecule has 0 fully saturated rings. The van der Waals surface area contributed by atoms with E-state index >= 15 is 0 Å². The number of thiophene rings is 1. The minimum Gasteiger partial charge on any atom is -0.456 e. The van der Waals surface area contributed by atoms with Crippen molar-refractivity contribution in [1.82, 2.24) is 15.0 Å². The summed E-state index contributed by atoms with van der Waals surface area (Å²) in [4.78, 5) is 42.9. The van der Waals surface area contributed by atoms with Gasteiger partial charge in [0.15, 0.2) is 6.61 Å². The number of aryl methyl sites for hydroxylation is 1. The van der Waals surface area contributed by atoms with Crippen LogP contribution in [0.25, 0.3) is 10.7 Å². The van der Waals surface area contributed by atoms with E-state index in [4.69, 9.17) is 9.26 Å². The Morgan fingerprint density at radius 3 is 2.83 bits per heavy atom. The Balaban J connectivity index is 1.25. The molecule has 0 bridgehead atoms. The van der Waals surface area contributed by atoms with Crippen LogP contribution in [-0.2, 0) is 16.1 Å². The van der Waals surface area contributed by atoms with Gasteiger partial charge in [-0.15, -0.1) is 11.3 Å². The topological polar surface area (TPSA) is 103 Å². The molecule has 0 saturated heterocycles. The zero-order valence-electron chi connectivity index (χ0n) is 15.6. The molecule has 3 aromatic rings. The minimum absolute atomic E-state index is 0.0678. The first-order valence-electron chi connectivity index (χ1n) is 9.02. The van der Waals surface area contributed by atoms with Gasteiger partial charge in [-0.2, -0.15) is 4.98 Å². The summed E-state index contributed by atoms with van der Waals surface area (Å²) in [5.41, 5.74) is 1.73. The third-order valence-corrected chi connectivity index (χ3v) is 5.32. The Morgan fingerprint density at radius 2 is 2.03 bits per heavy atom. The summed E-state index contributed by atoms with van der Waals surface area (Å²) in [6.45, 7) is 1.90. The number of ether oxygens (including phenoxy) is 1. The number of amides is 2. The van der Waals surface area contributed by atoms with E-state index in [9.17, 15) is 14.4 Å². The van der Waals surface area contributed by atoms with Gasteiger partial charge in [0.25, 0.3) is 17.7 Å². The van der Waals surface area contributed by atoms with Gasteiger partial charge >= 0.3 is 5.97 Å². The number of hydrogen-bond donors (Lipinski definition) is 0. The molecule has 0 unspecified atom stereocenters. The molecule has 8 nitrogen and oxygen atoms in total. The van der Waals surface area contributed by atoms with Gasteiger partial charge in [-0.1, -0.05) is 22.9 Å². The highest BCUT2D eigenvalue weighted by Gasteiger charge is 2.35. The summed E-state index contributed by atoms with van der Waals surface area (Å²) in [5, 5.41) is 5.75. The lowest BCUT2D eigenvalue weighted by molar-refractivity contribution is -0.145. The van der Waals surface area contributed by atoms with E-state index in [0.29, 0.717) is 23.4 Å².